The molecule has 0 bridgehead atoms. The first-order chi connectivity index (χ1) is 22.4. The number of carbonyl (C=O) groups excluding carboxylic acids is 4. The van der Waals surface area contributed by atoms with Crippen molar-refractivity contribution < 1.29 is 33.8 Å². The van der Waals surface area contributed by atoms with Gasteiger partial charge in [-0.15, -0.1) is 8.20 Å². The van der Waals surface area contributed by atoms with Gasteiger partial charge in [0.1, 0.15) is 34.5 Å². The highest BCUT2D eigenvalue weighted by Gasteiger charge is 2.69. The molecule has 0 aromatic heterocycles. The van der Waals surface area contributed by atoms with Crippen molar-refractivity contribution in [1.82, 2.24) is 21.3 Å². The number of hydrogen-bond donors (Lipinski definition) is 5. The lowest BCUT2D eigenvalue weighted by molar-refractivity contribution is -0.134. The number of carbonyl (C=O) groups is 4. The quantitative estimate of drug-likeness (QED) is 0.0946. The number of ether oxygens (including phenoxy) is 2. The van der Waals surface area contributed by atoms with Crippen LogP contribution in [0.15, 0.2) is 30.3 Å². The predicted octanol–water partition coefficient (Wildman–Crippen LogP) is 3.59. The minimum Gasteiger partial charge on any atom is -0.444 e. The number of benzene rings is 1. The van der Waals surface area contributed by atoms with E-state index in [1.165, 1.54) is 0 Å². The summed E-state index contributed by atoms with van der Waals surface area (Å²) in [5.74, 6) is -0.867. The number of aliphatic hydroxyl groups excluding tert-OH is 1. The summed E-state index contributed by atoms with van der Waals surface area (Å²) >= 11 is 0. The van der Waals surface area contributed by atoms with Gasteiger partial charge in [0.15, 0.2) is 5.78 Å². The zero-order valence-corrected chi connectivity index (χ0v) is 30.6. The van der Waals surface area contributed by atoms with Crippen LogP contribution in [-0.4, -0.2) is 88.5 Å². The number of aliphatic hydroxyl groups is 1. The van der Waals surface area contributed by atoms with Crippen LogP contribution >= 0.6 is 8.20 Å². The number of amides is 3. The molecule has 266 valence electrons. The van der Waals surface area contributed by atoms with Crippen LogP contribution in [0.2, 0.25) is 0 Å². The van der Waals surface area contributed by atoms with Crippen LogP contribution in [0.5, 0.6) is 0 Å². The minimum absolute atomic E-state index is 0.0224. The van der Waals surface area contributed by atoms with Crippen molar-refractivity contribution in [3.8, 4) is 0 Å². The van der Waals surface area contributed by atoms with Crippen LogP contribution in [0.4, 0.5) is 4.79 Å². The Morgan fingerprint density at radius 2 is 1.60 bits per heavy atom. The maximum absolute atomic E-state index is 14.1. The van der Waals surface area contributed by atoms with Gasteiger partial charge in [-0.05, 0) is 82.6 Å². The summed E-state index contributed by atoms with van der Waals surface area (Å²) in [6, 6.07) is 8.01. The second kappa shape index (κ2) is 14.6. The van der Waals surface area contributed by atoms with E-state index in [2.05, 4.69) is 27.6 Å². The van der Waals surface area contributed by atoms with Gasteiger partial charge >= 0.3 is 6.09 Å². The normalized spacial score (nSPS) is 29.5. The second-order valence-corrected chi connectivity index (χ2v) is 16.5. The maximum atomic E-state index is 14.1. The third-order valence-corrected chi connectivity index (χ3v) is 10.5. The van der Waals surface area contributed by atoms with Crippen molar-refractivity contribution in [2.45, 2.75) is 122 Å². The Labute approximate surface area is 286 Å². The summed E-state index contributed by atoms with van der Waals surface area (Å²) in [5.41, 5.74) is -2.79. The molecule has 5 unspecified atom stereocenters. The molecule has 12 heteroatoms. The van der Waals surface area contributed by atoms with Gasteiger partial charge in [0.2, 0.25) is 11.8 Å². The molecule has 1 heterocycles. The van der Waals surface area contributed by atoms with Crippen LogP contribution in [0.1, 0.15) is 80.2 Å². The molecule has 3 fully saturated rings. The average molecular weight is 687 g/mol. The first-order valence-electron chi connectivity index (χ1n) is 17.1. The largest absolute Gasteiger partial charge is 0.444 e. The van der Waals surface area contributed by atoms with Crippen molar-refractivity contribution in [2.75, 3.05) is 12.8 Å². The average Bonchev–Trinajstić information content (AvgIpc) is 3.92. The van der Waals surface area contributed by atoms with Crippen molar-refractivity contribution in [2.24, 2.45) is 23.7 Å². The van der Waals surface area contributed by atoms with Gasteiger partial charge in [0, 0.05) is 6.16 Å². The molecular weight excluding hydrogens is 631 g/mol. The Balaban J connectivity index is 1.51. The standard InChI is InChI=1S/C36H55N4O7P/c1-21(2)24-17-35(24,30(43)34(8)20-46-34)39-29(42)27(19-48-9)37-31(44)36(18-25(36)22(3)4)40-28(41)26(38-32(45)47-33(5,6)7)16-15-23-13-11-10-12-14-23/h10-14,21-22,24-28,40-41H,9,15-20H2,1-8H3,(H,37,44)(H,38,45)(H,39,42)/t24?,25?,26-,27-,28?,34+,35?,36?/m0/s1. The fourth-order valence-corrected chi connectivity index (χ4v) is 7.38. The summed E-state index contributed by atoms with van der Waals surface area (Å²) in [7, 11) is 0.643. The summed E-state index contributed by atoms with van der Waals surface area (Å²) < 4.78 is 10.9. The van der Waals surface area contributed by atoms with E-state index in [9.17, 15) is 24.3 Å². The van der Waals surface area contributed by atoms with E-state index in [-0.39, 0.29) is 35.6 Å². The lowest BCUT2D eigenvalue weighted by atomic mass is 9.92. The number of alkyl carbamates (subject to hydrolysis) is 1. The van der Waals surface area contributed by atoms with E-state index < -0.39 is 58.5 Å². The van der Waals surface area contributed by atoms with E-state index >= 15 is 0 Å². The predicted molar refractivity (Wildman–Crippen MR) is 187 cm³/mol. The van der Waals surface area contributed by atoms with Crippen molar-refractivity contribution in [1.29, 1.82) is 0 Å². The second-order valence-electron chi connectivity index (χ2n) is 15.7. The van der Waals surface area contributed by atoms with E-state index in [1.54, 1.807) is 27.7 Å². The molecule has 5 N–H and O–H groups in total. The highest BCUT2D eigenvalue weighted by atomic mass is 31.1. The van der Waals surface area contributed by atoms with Crippen molar-refractivity contribution >= 4 is 38.2 Å². The molecule has 3 aliphatic rings. The smallest absolute Gasteiger partial charge is 0.408 e. The van der Waals surface area contributed by atoms with Crippen LogP contribution in [-0.2, 0) is 30.3 Å². The molecule has 11 nitrogen and oxygen atoms in total. The SMILES string of the molecule is C=PC[C@H](NC(=O)C1(NC(O)[C@H](CCc2ccccc2)NC(=O)OC(C)(C)C)CC1C(C)C)C(=O)NC1(C(=O)[C@@]2(C)CO2)CC1C(C)C. The van der Waals surface area contributed by atoms with E-state index in [4.69, 9.17) is 9.47 Å². The van der Waals surface area contributed by atoms with E-state index in [0.717, 1.165) is 5.56 Å². The molecule has 3 amide bonds. The van der Waals surface area contributed by atoms with E-state index in [0.29, 0.717) is 40.5 Å². The third kappa shape index (κ3) is 8.84. The summed E-state index contributed by atoms with van der Waals surface area (Å²) in [4.78, 5) is 54.3. The van der Waals surface area contributed by atoms with Crippen LogP contribution in [0, 0.1) is 23.7 Å². The first-order valence-corrected chi connectivity index (χ1v) is 18.4. The van der Waals surface area contributed by atoms with Gasteiger partial charge in [-0.25, -0.2) is 4.79 Å². The summed E-state index contributed by atoms with van der Waals surface area (Å²) in [5, 5.41) is 23.5. The van der Waals surface area contributed by atoms with Crippen LogP contribution < -0.4 is 21.3 Å². The van der Waals surface area contributed by atoms with Gasteiger partial charge in [-0.2, -0.15) is 0 Å². The number of rotatable bonds is 17. The van der Waals surface area contributed by atoms with Crippen molar-refractivity contribution in [3.05, 3.63) is 35.9 Å². The van der Waals surface area contributed by atoms with Gasteiger partial charge in [0.25, 0.3) is 0 Å². The highest BCUT2D eigenvalue weighted by Crippen LogP contribution is 2.53. The highest BCUT2D eigenvalue weighted by molar-refractivity contribution is 7.36. The molecule has 1 aromatic carbocycles. The zero-order valence-electron chi connectivity index (χ0n) is 29.7. The van der Waals surface area contributed by atoms with Crippen LogP contribution in [0.25, 0.3) is 0 Å². The Hall–Kier alpha value is -2.85. The zero-order chi connectivity index (χ0) is 35.7. The molecule has 1 saturated heterocycles. The molecule has 48 heavy (non-hydrogen) atoms. The van der Waals surface area contributed by atoms with Gasteiger partial charge in [-0.3, -0.25) is 19.7 Å². The Kier molecular flexibility index (Phi) is 11.5. The lowest BCUT2D eigenvalue weighted by Crippen LogP contribution is -2.62. The molecule has 0 radical (unpaired) electrons. The fraction of sp³-hybridized carbons (Fsp3) is 0.694. The fourth-order valence-electron chi connectivity index (χ4n) is 6.87. The molecule has 1 aromatic rings. The monoisotopic (exact) mass is 686 g/mol. The molecule has 2 saturated carbocycles. The number of ketones is 1. The number of Topliss-reactive ketones (excluding diaryl/α,β-unsaturated/α-hetero) is 1. The topological polar surface area (TPSA) is 158 Å². The number of nitrogens with one attached hydrogen (secondary N) is 4. The van der Waals surface area contributed by atoms with E-state index in [1.807, 2.05) is 58.0 Å². The molecule has 1 aliphatic heterocycles. The van der Waals surface area contributed by atoms with Crippen LogP contribution in [0.3, 0.4) is 0 Å². The Morgan fingerprint density at radius 1 is 1.02 bits per heavy atom. The minimum atomic E-state index is -1.30. The summed E-state index contributed by atoms with van der Waals surface area (Å²) in [6.07, 6.45) is 4.08. The molecule has 2 aliphatic carbocycles. The number of epoxide rings is 1. The van der Waals surface area contributed by atoms with Gasteiger partial charge < -0.3 is 30.5 Å². The molecule has 4 rings (SSSR count). The van der Waals surface area contributed by atoms with Crippen molar-refractivity contribution in [3.63, 3.8) is 0 Å². The maximum Gasteiger partial charge on any atom is 0.408 e. The Morgan fingerprint density at radius 3 is 2.10 bits per heavy atom. The Bertz CT molecular complexity index is 1360. The molecular formula is C36H55N4O7P. The number of hydrogen-bond acceptors (Lipinski definition) is 8. The molecule has 0 spiro atoms. The molecule has 8 atom stereocenters. The van der Waals surface area contributed by atoms with Gasteiger partial charge in [0.05, 0.1) is 12.6 Å². The third-order valence-electron chi connectivity index (χ3n) is 9.86. The van der Waals surface area contributed by atoms with Gasteiger partial charge in [-0.1, -0.05) is 64.3 Å². The first kappa shape index (κ1) is 38.0. The number of aryl methyl sites for hydroxylation is 1. The lowest BCUT2D eigenvalue weighted by Gasteiger charge is -2.32. The summed E-state index contributed by atoms with van der Waals surface area (Å²) in [6.45, 7) is 15.4.